The number of nitro benzene ring substituents is 1. The van der Waals surface area contributed by atoms with Gasteiger partial charge in [0, 0.05) is 36.3 Å². The lowest BCUT2D eigenvalue weighted by Gasteiger charge is -2.09. The van der Waals surface area contributed by atoms with Crippen LogP contribution in [0.3, 0.4) is 0 Å². The molecule has 0 atom stereocenters. The van der Waals surface area contributed by atoms with Crippen molar-refractivity contribution in [1.29, 1.82) is 0 Å². The fourth-order valence-electron chi connectivity index (χ4n) is 2.72. The molecule has 1 amide bonds. The molecular weight excluding hydrogens is 422 g/mol. The third-order valence-corrected chi connectivity index (χ3v) is 4.55. The number of halogens is 1. The number of nitro groups is 1. The number of anilines is 1. The Bertz CT molecular complexity index is 1230. The normalized spacial score (nSPS) is 10.5. The Morgan fingerprint density at radius 3 is 2.39 bits per heavy atom. The number of rotatable bonds is 6. The molecular formula is C21H14ClN5O4. The number of carbonyl (C=O) groups is 1. The van der Waals surface area contributed by atoms with Gasteiger partial charge in [0.05, 0.1) is 15.5 Å². The quantitative estimate of drug-likeness (QED) is 0.341. The van der Waals surface area contributed by atoms with Gasteiger partial charge in [-0.25, -0.2) is 0 Å². The lowest BCUT2D eigenvalue weighted by molar-refractivity contribution is -0.384. The highest BCUT2D eigenvalue weighted by Gasteiger charge is 2.15. The lowest BCUT2D eigenvalue weighted by atomic mass is 10.2. The van der Waals surface area contributed by atoms with Gasteiger partial charge < -0.3 is 14.6 Å². The Kier molecular flexibility index (Phi) is 5.59. The van der Waals surface area contributed by atoms with Crippen molar-refractivity contribution in [2.24, 2.45) is 0 Å². The first-order chi connectivity index (χ1) is 15.0. The summed E-state index contributed by atoms with van der Waals surface area (Å²) in [6.07, 6.45) is 3.73. The zero-order chi connectivity index (χ0) is 21.8. The largest absolute Gasteiger partial charge is 0.438 e. The Morgan fingerprint density at radius 1 is 1.03 bits per heavy atom. The van der Waals surface area contributed by atoms with Gasteiger partial charge in [-0.15, -0.1) is 10.2 Å². The van der Waals surface area contributed by atoms with E-state index in [9.17, 15) is 14.9 Å². The molecule has 4 rings (SSSR count). The monoisotopic (exact) mass is 435 g/mol. The van der Waals surface area contributed by atoms with Crippen LogP contribution in [0, 0.1) is 10.1 Å². The van der Waals surface area contributed by atoms with Crippen molar-refractivity contribution in [3.05, 3.63) is 99.8 Å². The molecule has 1 N–H and O–H groups in total. The second-order valence-corrected chi connectivity index (χ2v) is 6.73. The average molecular weight is 436 g/mol. The molecule has 0 unspecified atom stereocenters. The SMILES string of the molecule is O=C(Nc1ccc(Oc2ccc(-n3cccc3)nn2)cc1)c1ccc([N+](=O)[O-])cc1Cl. The molecule has 0 aliphatic heterocycles. The van der Waals surface area contributed by atoms with E-state index in [-0.39, 0.29) is 16.3 Å². The molecule has 0 radical (unpaired) electrons. The summed E-state index contributed by atoms with van der Waals surface area (Å²) in [6.45, 7) is 0. The van der Waals surface area contributed by atoms with Gasteiger partial charge in [-0.2, -0.15) is 0 Å². The fraction of sp³-hybridized carbons (Fsp3) is 0. The molecule has 2 aromatic carbocycles. The Hall–Kier alpha value is -4.24. The van der Waals surface area contributed by atoms with E-state index >= 15 is 0 Å². The summed E-state index contributed by atoms with van der Waals surface area (Å²) in [5, 5.41) is 21.6. The fourth-order valence-corrected chi connectivity index (χ4v) is 2.98. The number of nitrogens with zero attached hydrogens (tertiary/aromatic N) is 4. The third-order valence-electron chi connectivity index (χ3n) is 4.24. The van der Waals surface area contributed by atoms with E-state index in [4.69, 9.17) is 16.3 Å². The highest BCUT2D eigenvalue weighted by atomic mass is 35.5. The molecule has 10 heteroatoms. The van der Waals surface area contributed by atoms with Gasteiger partial charge >= 0.3 is 0 Å². The first-order valence-electron chi connectivity index (χ1n) is 9.00. The predicted octanol–water partition coefficient (Wildman–Crippen LogP) is 4.87. The molecule has 9 nitrogen and oxygen atoms in total. The van der Waals surface area contributed by atoms with Crippen LogP contribution in [0.1, 0.15) is 10.4 Å². The summed E-state index contributed by atoms with van der Waals surface area (Å²) in [7, 11) is 0. The molecule has 0 saturated carbocycles. The van der Waals surface area contributed by atoms with Gasteiger partial charge in [0.1, 0.15) is 5.75 Å². The smallest absolute Gasteiger partial charge is 0.270 e. The second kappa shape index (κ2) is 8.64. The van der Waals surface area contributed by atoms with Crippen LogP contribution >= 0.6 is 11.6 Å². The molecule has 154 valence electrons. The zero-order valence-electron chi connectivity index (χ0n) is 15.8. The maximum atomic E-state index is 12.4. The summed E-state index contributed by atoms with van der Waals surface area (Å²) in [5.74, 6) is 1.01. The van der Waals surface area contributed by atoms with Crippen molar-refractivity contribution in [2.45, 2.75) is 0 Å². The number of amides is 1. The Balaban J connectivity index is 1.40. The topological polar surface area (TPSA) is 112 Å². The van der Waals surface area contributed by atoms with Crippen LogP contribution in [0.4, 0.5) is 11.4 Å². The third kappa shape index (κ3) is 4.68. The summed E-state index contributed by atoms with van der Waals surface area (Å²) in [4.78, 5) is 22.6. The number of nitrogens with one attached hydrogen (secondary N) is 1. The van der Waals surface area contributed by atoms with E-state index < -0.39 is 10.8 Å². The highest BCUT2D eigenvalue weighted by molar-refractivity contribution is 6.34. The van der Waals surface area contributed by atoms with Gasteiger partial charge in [0.15, 0.2) is 5.82 Å². The highest BCUT2D eigenvalue weighted by Crippen LogP contribution is 2.25. The minimum atomic E-state index is -0.579. The molecule has 0 aliphatic carbocycles. The lowest BCUT2D eigenvalue weighted by Crippen LogP contribution is -2.12. The standard InChI is InChI=1S/C21H14ClN5O4/c22-18-13-15(27(29)30)5-8-17(18)21(28)23-14-3-6-16(7-4-14)31-20-10-9-19(24-25-20)26-11-1-2-12-26/h1-13H,(H,23,28). The second-order valence-electron chi connectivity index (χ2n) is 6.32. The van der Waals surface area contributed by atoms with Crippen LogP contribution in [0.2, 0.25) is 5.02 Å². The Morgan fingerprint density at radius 2 is 1.77 bits per heavy atom. The number of carbonyl (C=O) groups excluding carboxylic acids is 1. The number of ether oxygens (including phenoxy) is 1. The number of hydrogen-bond acceptors (Lipinski definition) is 6. The summed E-state index contributed by atoms with van der Waals surface area (Å²) >= 11 is 5.99. The average Bonchev–Trinajstić information content (AvgIpc) is 3.30. The minimum Gasteiger partial charge on any atom is -0.438 e. The Labute approximate surface area is 181 Å². The minimum absolute atomic E-state index is 0.00594. The molecule has 0 aliphatic rings. The van der Waals surface area contributed by atoms with Gasteiger partial charge in [0.2, 0.25) is 5.88 Å². The van der Waals surface area contributed by atoms with E-state index in [2.05, 4.69) is 15.5 Å². The molecule has 31 heavy (non-hydrogen) atoms. The van der Waals surface area contributed by atoms with Crippen molar-refractivity contribution in [2.75, 3.05) is 5.32 Å². The van der Waals surface area contributed by atoms with E-state index in [0.29, 0.717) is 23.1 Å². The van der Waals surface area contributed by atoms with Crippen LogP contribution in [-0.2, 0) is 0 Å². The van der Waals surface area contributed by atoms with Crippen LogP contribution in [0.5, 0.6) is 11.6 Å². The molecule has 2 aromatic heterocycles. The number of hydrogen-bond donors (Lipinski definition) is 1. The molecule has 2 heterocycles. The molecule has 0 bridgehead atoms. The number of benzene rings is 2. The van der Waals surface area contributed by atoms with Crippen molar-refractivity contribution < 1.29 is 14.5 Å². The number of non-ortho nitro benzene ring substituents is 1. The summed E-state index contributed by atoms with van der Waals surface area (Å²) in [5.41, 5.74) is 0.444. The van der Waals surface area contributed by atoms with Crippen LogP contribution in [0.15, 0.2) is 79.1 Å². The van der Waals surface area contributed by atoms with E-state index in [1.165, 1.54) is 12.1 Å². The summed E-state index contributed by atoms with van der Waals surface area (Å²) in [6, 6.07) is 17.6. The van der Waals surface area contributed by atoms with E-state index in [1.54, 1.807) is 36.4 Å². The van der Waals surface area contributed by atoms with Crippen LogP contribution in [0.25, 0.3) is 5.82 Å². The van der Waals surface area contributed by atoms with Gasteiger partial charge in [-0.05, 0) is 48.5 Å². The van der Waals surface area contributed by atoms with E-state index in [0.717, 1.165) is 6.07 Å². The van der Waals surface area contributed by atoms with Crippen molar-refractivity contribution in [1.82, 2.24) is 14.8 Å². The first-order valence-corrected chi connectivity index (χ1v) is 9.38. The van der Waals surface area contributed by atoms with Gasteiger partial charge in [-0.3, -0.25) is 14.9 Å². The molecule has 4 aromatic rings. The maximum Gasteiger partial charge on any atom is 0.270 e. The molecule has 0 saturated heterocycles. The van der Waals surface area contributed by atoms with Crippen LogP contribution < -0.4 is 10.1 Å². The summed E-state index contributed by atoms with van der Waals surface area (Å²) < 4.78 is 7.49. The van der Waals surface area contributed by atoms with Gasteiger partial charge in [-0.1, -0.05) is 11.6 Å². The van der Waals surface area contributed by atoms with E-state index in [1.807, 2.05) is 29.1 Å². The number of aromatic nitrogens is 3. The van der Waals surface area contributed by atoms with Crippen molar-refractivity contribution in [3.8, 4) is 17.4 Å². The first kappa shape index (κ1) is 20.0. The van der Waals surface area contributed by atoms with Gasteiger partial charge in [0.25, 0.3) is 11.6 Å². The molecule has 0 fully saturated rings. The molecule has 0 spiro atoms. The van der Waals surface area contributed by atoms with Crippen molar-refractivity contribution >= 4 is 28.9 Å². The van der Waals surface area contributed by atoms with Crippen LogP contribution in [-0.4, -0.2) is 25.6 Å². The maximum absolute atomic E-state index is 12.4. The predicted molar refractivity (Wildman–Crippen MR) is 114 cm³/mol. The van der Waals surface area contributed by atoms with Crippen molar-refractivity contribution in [3.63, 3.8) is 0 Å². The zero-order valence-corrected chi connectivity index (χ0v) is 16.6.